The van der Waals surface area contributed by atoms with Crippen molar-refractivity contribution in [2.45, 2.75) is 129 Å². The number of carbonyl (C=O) groups excluding carboxylic acids is 1. The first-order chi connectivity index (χ1) is 17.7. The predicted molar refractivity (Wildman–Crippen MR) is 147 cm³/mol. The van der Waals surface area contributed by atoms with Crippen LogP contribution in [0.2, 0.25) is 0 Å². The highest BCUT2D eigenvalue weighted by atomic mass is 16.5. The number of likely N-dealkylation sites (N-methyl/N-ethyl adjacent to an activating group) is 1. The number of ether oxygens (including phenoxy) is 1. The Bertz CT molecular complexity index is 851. The van der Waals surface area contributed by atoms with E-state index in [1.54, 1.807) is 6.92 Å². The van der Waals surface area contributed by atoms with Crippen LogP contribution in [0.1, 0.15) is 104 Å². The summed E-state index contributed by atoms with van der Waals surface area (Å²) in [4.78, 5) is 15.1. The number of aliphatic hydroxyl groups excluding tert-OH is 1. The number of carbonyl (C=O) groups is 1. The molecule has 2 heterocycles. The van der Waals surface area contributed by atoms with Gasteiger partial charge in [0.1, 0.15) is 6.04 Å². The number of nitrogens with zero attached hydrogens (tertiary/aromatic N) is 2. The number of rotatable bonds is 3. The highest BCUT2D eigenvalue weighted by Crippen LogP contribution is 2.67. The van der Waals surface area contributed by atoms with Crippen molar-refractivity contribution >= 4 is 5.97 Å². The summed E-state index contributed by atoms with van der Waals surface area (Å²) in [6.07, 6.45) is 16.4. The summed E-state index contributed by atoms with van der Waals surface area (Å²) in [5.41, 5.74) is 0.448. The van der Waals surface area contributed by atoms with Crippen LogP contribution >= 0.6 is 0 Å². The second-order valence-electron chi connectivity index (χ2n) is 15.2. The number of piperidine rings is 2. The van der Waals surface area contributed by atoms with Gasteiger partial charge < -0.3 is 14.3 Å². The highest BCUT2D eigenvalue weighted by molar-refractivity contribution is 5.66. The van der Waals surface area contributed by atoms with Crippen molar-refractivity contribution in [3.63, 3.8) is 0 Å². The molecule has 4 saturated carbocycles. The largest absolute Gasteiger partial charge is 0.456 e. The molecule has 5 unspecified atom stereocenters. The Labute approximate surface area is 226 Å². The average molecular weight is 516 g/mol. The van der Waals surface area contributed by atoms with Crippen LogP contribution in [0.5, 0.6) is 0 Å². The molecule has 5 nitrogen and oxygen atoms in total. The molecule has 210 valence electrons. The van der Waals surface area contributed by atoms with Crippen molar-refractivity contribution in [2.75, 3.05) is 33.2 Å². The number of esters is 1. The van der Waals surface area contributed by atoms with Crippen molar-refractivity contribution in [1.29, 1.82) is 0 Å². The second kappa shape index (κ2) is 9.77. The Hall–Kier alpha value is -0.650. The van der Waals surface area contributed by atoms with Crippen molar-refractivity contribution in [2.24, 2.45) is 34.5 Å². The molecule has 0 aromatic rings. The Morgan fingerprint density at radius 1 is 0.919 bits per heavy atom. The molecule has 0 radical (unpaired) electrons. The van der Waals surface area contributed by atoms with Gasteiger partial charge in [0.05, 0.1) is 26.2 Å². The van der Waals surface area contributed by atoms with E-state index in [9.17, 15) is 9.90 Å². The lowest BCUT2D eigenvalue weighted by molar-refractivity contribution is -0.940. The fourth-order valence-electron chi connectivity index (χ4n) is 11.4. The molecule has 6 rings (SSSR count). The lowest BCUT2D eigenvalue weighted by atomic mass is 9.44. The summed E-state index contributed by atoms with van der Waals surface area (Å²) in [6.45, 7) is 11.6. The van der Waals surface area contributed by atoms with Gasteiger partial charge in [-0.15, -0.1) is 0 Å². The fourth-order valence-corrected chi connectivity index (χ4v) is 11.4. The van der Waals surface area contributed by atoms with Gasteiger partial charge in [-0.25, -0.2) is 0 Å². The van der Waals surface area contributed by atoms with Gasteiger partial charge in [0, 0.05) is 24.8 Å². The molecule has 2 aliphatic heterocycles. The van der Waals surface area contributed by atoms with Crippen LogP contribution < -0.4 is 0 Å². The van der Waals surface area contributed by atoms with E-state index < -0.39 is 0 Å². The molecular weight excluding hydrogens is 460 g/mol. The van der Waals surface area contributed by atoms with Crippen LogP contribution in [0.25, 0.3) is 0 Å². The predicted octanol–water partition coefficient (Wildman–Crippen LogP) is 5.40. The van der Waals surface area contributed by atoms with Crippen LogP contribution in [-0.2, 0) is 9.53 Å². The number of quaternary nitrogens is 1. The van der Waals surface area contributed by atoms with E-state index >= 15 is 0 Å². The first kappa shape index (κ1) is 26.6. The lowest BCUT2D eigenvalue weighted by Crippen LogP contribution is -2.61. The molecule has 0 aromatic carbocycles. The van der Waals surface area contributed by atoms with Crippen LogP contribution in [-0.4, -0.2) is 78.0 Å². The zero-order valence-corrected chi connectivity index (χ0v) is 24.3. The summed E-state index contributed by atoms with van der Waals surface area (Å²) in [6, 6.07) is 0.814. The Morgan fingerprint density at radius 2 is 1.62 bits per heavy atom. The zero-order chi connectivity index (χ0) is 26.0. The minimum Gasteiger partial charge on any atom is -0.456 e. The normalized spacial score (nSPS) is 50.0. The van der Waals surface area contributed by atoms with E-state index in [0.717, 1.165) is 22.7 Å². The quantitative estimate of drug-likeness (QED) is 0.404. The van der Waals surface area contributed by atoms with E-state index in [4.69, 9.17) is 4.74 Å². The number of likely N-dealkylation sites (tertiary alicyclic amines) is 2. The maximum absolute atomic E-state index is 12.4. The van der Waals surface area contributed by atoms with Crippen LogP contribution in [0.15, 0.2) is 0 Å². The molecule has 5 heteroatoms. The SMILES string of the molecule is CC(=O)O[C@H]1C([N+]2(C)CCCCC2)CC2C3CC[C@H]4C[C@H](O)C(N5CCCCC5)C[C@]4(C)C3CC[C@@]21C. The second-order valence-corrected chi connectivity index (χ2v) is 15.2. The summed E-state index contributed by atoms with van der Waals surface area (Å²) < 4.78 is 7.46. The molecule has 0 amide bonds. The molecule has 6 fully saturated rings. The maximum Gasteiger partial charge on any atom is 0.303 e. The van der Waals surface area contributed by atoms with E-state index in [1.165, 1.54) is 103 Å². The van der Waals surface area contributed by atoms with Gasteiger partial charge in [-0.3, -0.25) is 9.69 Å². The van der Waals surface area contributed by atoms with Crippen molar-refractivity contribution in [3.05, 3.63) is 0 Å². The molecule has 2 saturated heterocycles. The van der Waals surface area contributed by atoms with Gasteiger partial charge in [-0.05, 0) is 113 Å². The van der Waals surface area contributed by atoms with Crippen molar-refractivity contribution in [3.8, 4) is 0 Å². The Kier molecular flexibility index (Phi) is 7.01. The lowest BCUT2D eigenvalue weighted by Gasteiger charge is -2.62. The molecular formula is C32H55N2O3+. The maximum atomic E-state index is 12.4. The number of hydrogen-bond acceptors (Lipinski definition) is 4. The van der Waals surface area contributed by atoms with Crippen LogP contribution in [0.4, 0.5) is 0 Å². The highest BCUT2D eigenvalue weighted by Gasteiger charge is 2.67. The van der Waals surface area contributed by atoms with Crippen molar-refractivity contribution in [1.82, 2.24) is 4.90 Å². The van der Waals surface area contributed by atoms with Gasteiger partial charge in [-0.1, -0.05) is 20.3 Å². The summed E-state index contributed by atoms with van der Waals surface area (Å²) in [7, 11) is 2.47. The van der Waals surface area contributed by atoms with Crippen molar-refractivity contribution < 1.29 is 19.1 Å². The Balaban J connectivity index is 1.28. The number of hydrogen-bond donors (Lipinski definition) is 1. The standard InChI is InChI=1S/C32H55N2O3/c1-22(35)37-30-28(34(4)17-9-6-10-18-34)20-26-24-12-11-23-19-29(36)27(33-15-7-5-8-16-33)21-32(23,3)25(24)13-14-31(26,30)2/h23-30,36H,5-21H2,1-4H3/q+1/t23-,24?,25?,26?,27?,28?,29-,30-,31-,32-/m0/s1. The molecule has 0 aromatic heterocycles. The van der Waals surface area contributed by atoms with Gasteiger partial charge in [0.25, 0.3) is 0 Å². The van der Waals surface area contributed by atoms with Gasteiger partial charge in [0.2, 0.25) is 0 Å². The van der Waals surface area contributed by atoms with Crippen LogP contribution in [0.3, 0.4) is 0 Å². The molecule has 0 spiro atoms. The number of aliphatic hydroxyl groups is 1. The molecule has 1 N–H and O–H groups in total. The van der Waals surface area contributed by atoms with E-state index in [1.807, 2.05) is 0 Å². The van der Waals surface area contributed by atoms with Gasteiger partial charge in [-0.2, -0.15) is 0 Å². The minimum atomic E-state index is -0.144. The first-order valence-corrected chi connectivity index (χ1v) is 16.1. The molecule has 6 aliphatic rings. The fraction of sp³-hybridized carbons (Fsp3) is 0.969. The summed E-state index contributed by atoms with van der Waals surface area (Å²) in [5, 5.41) is 11.3. The average Bonchev–Trinajstić information content (AvgIpc) is 3.17. The third-order valence-corrected chi connectivity index (χ3v) is 13.4. The van der Waals surface area contributed by atoms with Gasteiger partial charge in [0.15, 0.2) is 6.10 Å². The Morgan fingerprint density at radius 3 is 2.32 bits per heavy atom. The topological polar surface area (TPSA) is 49.8 Å². The van der Waals surface area contributed by atoms with E-state index in [-0.39, 0.29) is 23.6 Å². The summed E-state index contributed by atoms with van der Waals surface area (Å²) in [5.74, 6) is 2.76. The molecule has 0 bridgehead atoms. The van der Waals surface area contributed by atoms with E-state index in [0.29, 0.717) is 29.3 Å². The molecule has 10 atom stereocenters. The molecule has 4 aliphatic carbocycles. The summed E-state index contributed by atoms with van der Waals surface area (Å²) >= 11 is 0. The van der Waals surface area contributed by atoms with Crippen LogP contribution in [0, 0.1) is 34.5 Å². The monoisotopic (exact) mass is 515 g/mol. The zero-order valence-electron chi connectivity index (χ0n) is 24.3. The number of fused-ring (bicyclic) bond motifs is 5. The minimum absolute atomic E-state index is 0.0684. The smallest absolute Gasteiger partial charge is 0.303 e. The first-order valence-electron chi connectivity index (χ1n) is 16.1. The molecule has 37 heavy (non-hydrogen) atoms. The third-order valence-electron chi connectivity index (χ3n) is 13.4. The van der Waals surface area contributed by atoms with E-state index in [2.05, 4.69) is 25.8 Å². The third kappa shape index (κ3) is 4.32. The van der Waals surface area contributed by atoms with Gasteiger partial charge >= 0.3 is 5.97 Å².